The third-order valence-electron chi connectivity index (χ3n) is 12.6. The van der Waals surface area contributed by atoms with E-state index in [0.717, 1.165) is 48.0 Å². The van der Waals surface area contributed by atoms with Gasteiger partial charge in [0.25, 0.3) is 0 Å². The van der Waals surface area contributed by atoms with Gasteiger partial charge in [-0.15, -0.1) is 5.10 Å². The van der Waals surface area contributed by atoms with Crippen molar-refractivity contribution in [3.05, 3.63) is 89.9 Å². The summed E-state index contributed by atoms with van der Waals surface area (Å²) in [5, 5.41) is 14.8. The second-order valence-electron chi connectivity index (χ2n) is 19.9. The van der Waals surface area contributed by atoms with Crippen LogP contribution >= 0.6 is 0 Å². The van der Waals surface area contributed by atoms with Crippen molar-refractivity contribution in [2.45, 2.75) is 110 Å². The highest BCUT2D eigenvalue weighted by Gasteiger charge is 2.41. The predicted molar refractivity (Wildman–Crippen MR) is 256 cm³/mol. The maximum Gasteiger partial charge on any atom is 0.419 e. The summed E-state index contributed by atoms with van der Waals surface area (Å²) in [6.45, 7) is 13.9. The normalized spacial score (nSPS) is 19.0. The Hall–Kier alpha value is -6.99. The van der Waals surface area contributed by atoms with Gasteiger partial charge < -0.3 is 34.2 Å². The number of piperazine rings is 2. The quantitative estimate of drug-likeness (QED) is 0.125. The summed E-state index contributed by atoms with van der Waals surface area (Å²) in [5.74, 6) is -3.03. The van der Waals surface area contributed by atoms with Crippen molar-refractivity contribution in [2.24, 2.45) is 0 Å². The third kappa shape index (κ3) is 10.8. The van der Waals surface area contributed by atoms with Crippen LogP contribution in [0.4, 0.5) is 21.9 Å². The van der Waals surface area contributed by atoms with E-state index >= 15 is 0 Å². The molecule has 2 saturated heterocycles. The maximum atomic E-state index is 14.7. The fourth-order valence-corrected chi connectivity index (χ4v) is 9.30. The fraction of sp³-hybridized carbons (Fsp3) is 0.460. The summed E-state index contributed by atoms with van der Waals surface area (Å²) in [5.41, 5.74) is 2.02. The van der Waals surface area contributed by atoms with Crippen molar-refractivity contribution >= 4 is 63.7 Å². The monoisotopic (exact) mass is 944 g/mol. The number of rotatable bonds is 11. The highest BCUT2D eigenvalue weighted by molar-refractivity contribution is 6.41. The number of tetrazole rings is 1. The highest BCUT2D eigenvalue weighted by atomic mass is 16.6. The summed E-state index contributed by atoms with van der Waals surface area (Å²) in [6.07, 6.45) is 4.87. The number of ether oxygens (including phenoxy) is 3. The molecule has 0 unspecified atom stereocenters. The number of anilines is 3. The molecule has 69 heavy (non-hydrogen) atoms. The standard InChI is InChI=1S/C50H60N10O9/c1-31-9-19-39(59-30-51-53-54-59)40(25-31)57-23-24-58(46(64)45(57)63)41(26-32-10-13-36(14-11-32)56-22-21-55(29-43(56)61)35-15-17-37(67-8)18-16-35)44(62)52-34-12-20-38-33(27-34)28-42(47(65)68-49(2,3)4)60(38)48(66)69-50(5,6)7/h9-14,19-20,25,27-28,30,35,37,41H,15-18,21-24,26,29H2,1-8H3,(H,52,62)/t35?,37?,41-/m0/s1. The van der Waals surface area contributed by atoms with Crippen molar-refractivity contribution in [3.8, 4) is 5.69 Å². The van der Waals surface area contributed by atoms with Gasteiger partial charge in [-0.2, -0.15) is 4.68 Å². The van der Waals surface area contributed by atoms with Crippen LogP contribution < -0.4 is 15.1 Å². The molecule has 5 aromatic rings. The SMILES string of the molecule is COC1CCC(N2CCN(c3ccc(C[C@@H](C(=O)Nc4ccc5c(c4)cc(C(=O)OC(C)(C)C)n5C(=O)OC(C)(C)C)N4CCN(c5cc(C)ccc5-n5cnnn5)C(=O)C4=O)cc3)C(=O)C2)CC1. The Morgan fingerprint density at radius 3 is 2.14 bits per heavy atom. The lowest BCUT2D eigenvalue weighted by Gasteiger charge is -2.41. The van der Waals surface area contributed by atoms with Crippen LogP contribution in [-0.2, 0) is 39.8 Å². The summed E-state index contributed by atoms with van der Waals surface area (Å²) >= 11 is 0. The molecule has 4 amide bonds. The number of benzene rings is 3. The van der Waals surface area contributed by atoms with Gasteiger partial charge in [-0.3, -0.25) is 24.1 Å². The maximum absolute atomic E-state index is 14.7. The Kier molecular flexibility index (Phi) is 13.7. The molecule has 4 heterocycles. The molecule has 3 fully saturated rings. The molecule has 0 bridgehead atoms. The molecule has 1 saturated carbocycles. The van der Waals surface area contributed by atoms with Crippen LogP contribution in [0.2, 0.25) is 0 Å². The average Bonchev–Trinajstić information content (AvgIpc) is 3.98. The molecule has 8 rings (SSSR count). The summed E-state index contributed by atoms with van der Waals surface area (Å²) in [7, 11) is 1.75. The van der Waals surface area contributed by atoms with E-state index in [0.29, 0.717) is 52.7 Å². The van der Waals surface area contributed by atoms with Crippen LogP contribution in [0.25, 0.3) is 16.6 Å². The Morgan fingerprint density at radius 1 is 0.783 bits per heavy atom. The van der Waals surface area contributed by atoms with Gasteiger partial charge in [0, 0.05) is 62.5 Å². The predicted octanol–water partition coefficient (Wildman–Crippen LogP) is 5.70. The number of hydrogen-bond donors (Lipinski definition) is 1. The first-order valence-electron chi connectivity index (χ1n) is 23.3. The molecule has 364 valence electrons. The number of esters is 1. The first kappa shape index (κ1) is 48.5. The van der Waals surface area contributed by atoms with Crippen LogP contribution in [-0.4, -0.2) is 139 Å². The Bertz CT molecular complexity index is 2750. The van der Waals surface area contributed by atoms with Gasteiger partial charge in [-0.1, -0.05) is 18.2 Å². The van der Waals surface area contributed by atoms with Crippen molar-refractivity contribution < 1.29 is 43.0 Å². The number of carbonyl (C=O) groups is 6. The third-order valence-corrected chi connectivity index (χ3v) is 12.6. The lowest BCUT2D eigenvalue weighted by molar-refractivity contribution is -0.149. The smallest absolute Gasteiger partial charge is 0.419 e. The minimum Gasteiger partial charge on any atom is -0.455 e. The minimum atomic E-state index is -1.18. The molecule has 3 aliphatic rings. The molecule has 3 aromatic carbocycles. The molecular weight excluding hydrogens is 885 g/mol. The van der Waals surface area contributed by atoms with E-state index in [1.165, 1.54) is 26.9 Å². The molecule has 1 N–H and O–H groups in total. The molecule has 19 heteroatoms. The van der Waals surface area contributed by atoms with Crippen LogP contribution in [0, 0.1) is 6.92 Å². The zero-order valence-electron chi connectivity index (χ0n) is 40.4. The topological polar surface area (TPSA) is 204 Å². The number of hydrogen-bond acceptors (Lipinski definition) is 13. The first-order valence-corrected chi connectivity index (χ1v) is 23.3. The van der Waals surface area contributed by atoms with Gasteiger partial charge in [-0.05, 0) is 144 Å². The summed E-state index contributed by atoms with van der Waals surface area (Å²) in [4.78, 5) is 90.6. The first-order chi connectivity index (χ1) is 32.8. The van der Waals surface area contributed by atoms with E-state index in [1.807, 2.05) is 37.3 Å². The Morgan fingerprint density at radius 2 is 1.49 bits per heavy atom. The molecule has 1 aliphatic carbocycles. The number of methoxy groups -OCH3 is 1. The largest absolute Gasteiger partial charge is 0.455 e. The van der Waals surface area contributed by atoms with E-state index in [9.17, 15) is 28.8 Å². The number of nitrogens with zero attached hydrogens (tertiary/aromatic N) is 9. The lowest BCUT2D eigenvalue weighted by Crippen LogP contribution is -2.60. The van der Waals surface area contributed by atoms with Crippen molar-refractivity contribution in [1.82, 2.24) is 34.6 Å². The zero-order valence-corrected chi connectivity index (χ0v) is 40.4. The van der Waals surface area contributed by atoms with Gasteiger partial charge in [0.1, 0.15) is 29.3 Å². The van der Waals surface area contributed by atoms with Crippen LogP contribution in [0.5, 0.6) is 0 Å². The summed E-state index contributed by atoms with van der Waals surface area (Å²) < 4.78 is 19.4. The zero-order chi connectivity index (χ0) is 49.4. The number of fused-ring (bicyclic) bond motifs is 1. The van der Waals surface area contributed by atoms with E-state index in [1.54, 1.807) is 83.9 Å². The van der Waals surface area contributed by atoms with Crippen LogP contribution in [0.1, 0.15) is 88.8 Å². The average molecular weight is 945 g/mol. The van der Waals surface area contributed by atoms with Gasteiger partial charge >= 0.3 is 23.9 Å². The van der Waals surface area contributed by atoms with Crippen molar-refractivity contribution in [1.29, 1.82) is 0 Å². The van der Waals surface area contributed by atoms with E-state index < -0.39 is 47.0 Å². The molecule has 19 nitrogen and oxygen atoms in total. The number of nitrogens with one attached hydrogen (secondary N) is 1. The van der Waals surface area contributed by atoms with Gasteiger partial charge in [0.15, 0.2) is 0 Å². The van der Waals surface area contributed by atoms with Crippen LogP contribution in [0.3, 0.4) is 0 Å². The number of aromatic nitrogens is 5. The number of carbonyl (C=O) groups excluding carboxylic acids is 6. The molecule has 0 spiro atoms. The highest BCUT2D eigenvalue weighted by Crippen LogP contribution is 2.32. The second kappa shape index (κ2) is 19.6. The van der Waals surface area contributed by atoms with E-state index in [-0.39, 0.29) is 37.2 Å². The van der Waals surface area contributed by atoms with Crippen LogP contribution in [0.15, 0.2) is 73.1 Å². The van der Waals surface area contributed by atoms with Gasteiger partial charge in [-0.25, -0.2) is 14.2 Å². The van der Waals surface area contributed by atoms with Gasteiger partial charge in [0.2, 0.25) is 11.8 Å². The van der Waals surface area contributed by atoms with Crippen molar-refractivity contribution in [3.63, 3.8) is 0 Å². The Labute approximate surface area is 400 Å². The molecule has 0 radical (unpaired) electrons. The lowest BCUT2D eigenvalue weighted by atomic mass is 9.91. The van der Waals surface area contributed by atoms with E-state index in [4.69, 9.17) is 14.2 Å². The number of aryl methyl sites for hydroxylation is 1. The Balaban J connectivity index is 1.06. The molecular formula is C50H60N10O9. The van der Waals surface area contributed by atoms with Crippen molar-refractivity contribution in [2.75, 3.05) is 55.0 Å². The molecule has 2 aromatic heterocycles. The fourth-order valence-electron chi connectivity index (χ4n) is 9.30. The second-order valence-corrected chi connectivity index (χ2v) is 19.9. The van der Waals surface area contributed by atoms with Gasteiger partial charge in [0.05, 0.1) is 29.5 Å². The minimum absolute atomic E-state index is 0.00660. The number of amides is 4. The van der Waals surface area contributed by atoms with E-state index in [2.05, 4.69) is 25.7 Å². The molecule has 2 aliphatic heterocycles. The summed E-state index contributed by atoms with van der Waals surface area (Å²) in [6, 6.07) is 18.2. The molecule has 1 atom stereocenters.